The number of amides is 2. The van der Waals surface area contributed by atoms with Crippen LogP contribution in [0.5, 0.6) is 0 Å². The Kier molecular flexibility index (Phi) is 6.20. The maximum Gasteiger partial charge on any atom is 0.392 e. The van der Waals surface area contributed by atoms with Crippen LogP contribution in [0.15, 0.2) is 36.5 Å². The number of carbonyl (C=O) groups excluding carboxylic acids is 2. The largest absolute Gasteiger partial charge is 0.392 e. The Bertz CT molecular complexity index is 954. The number of alkyl halides is 3. The maximum absolute atomic E-state index is 12.9. The van der Waals surface area contributed by atoms with Gasteiger partial charge in [-0.1, -0.05) is 24.3 Å². The Morgan fingerprint density at radius 2 is 2.07 bits per heavy atom. The van der Waals surface area contributed by atoms with Crippen molar-refractivity contribution in [1.82, 2.24) is 15.6 Å². The third-order valence-electron chi connectivity index (χ3n) is 5.11. The first kappa shape index (κ1) is 20.8. The van der Waals surface area contributed by atoms with Crippen molar-refractivity contribution in [2.45, 2.75) is 31.9 Å². The lowest BCUT2D eigenvalue weighted by atomic mass is 9.85. The first-order valence-corrected chi connectivity index (χ1v) is 9.43. The van der Waals surface area contributed by atoms with Crippen molar-refractivity contribution in [3.8, 4) is 0 Å². The molecule has 1 aliphatic rings. The van der Waals surface area contributed by atoms with Crippen molar-refractivity contribution in [1.29, 1.82) is 0 Å². The summed E-state index contributed by atoms with van der Waals surface area (Å²) in [6.07, 6.45) is -0.509. The zero-order valence-corrected chi connectivity index (χ0v) is 16.0. The average molecular weight is 405 g/mol. The van der Waals surface area contributed by atoms with Gasteiger partial charge in [-0.05, 0) is 30.9 Å². The van der Waals surface area contributed by atoms with Gasteiger partial charge < -0.3 is 10.6 Å². The molecule has 1 unspecified atom stereocenters. The molecule has 1 heterocycles. The summed E-state index contributed by atoms with van der Waals surface area (Å²) in [6.45, 7) is 0.212. The third-order valence-corrected chi connectivity index (χ3v) is 5.11. The van der Waals surface area contributed by atoms with Gasteiger partial charge in [-0.15, -0.1) is 0 Å². The van der Waals surface area contributed by atoms with Gasteiger partial charge in [0.15, 0.2) is 0 Å². The standard InChI is InChI=1S/C21H22F3N3O2/c1-25-18(28)9-10-26-20(29)15-11-14-3-2-4-17(19(14)27-12-15)13-5-7-16(8-6-13)21(22,23)24/h2-5,11-12,16H,6-10H2,1H3,(H,25,28)(H,26,29). The van der Waals surface area contributed by atoms with E-state index in [0.29, 0.717) is 17.5 Å². The molecule has 0 aliphatic heterocycles. The number of hydrogen-bond acceptors (Lipinski definition) is 3. The van der Waals surface area contributed by atoms with Crippen LogP contribution in [0.3, 0.4) is 0 Å². The predicted octanol–water partition coefficient (Wildman–Crippen LogP) is 3.85. The average Bonchev–Trinajstić information content (AvgIpc) is 2.72. The summed E-state index contributed by atoms with van der Waals surface area (Å²) < 4.78 is 38.7. The van der Waals surface area contributed by atoms with E-state index in [1.807, 2.05) is 18.2 Å². The number of carbonyl (C=O) groups is 2. The smallest absolute Gasteiger partial charge is 0.359 e. The Morgan fingerprint density at radius 1 is 1.28 bits per heavy atom. The van der Waals surface area contributed by atoms with Crippen molar-refractivity contribution in [2.24, 2.45) is 5.92 Å². The highest BCUT2D eigenvalue weighted by Crippen LogP contribution is 2.40. The van der Waals surface area contributed by atoms with Crippen molar-refractivity contribution < 1.29 is 22.8 Å². The maximum atomic E-state index is 12.9. The summed E-state index contributed by atoms with van der Waals surface area (Å²) in [7, 11) is 1.53. The lowest BCUT2D eigenvalue weighted by Crippen LogP contribution is -2.29. The van der Waals surface area contributed by atoms with Crippen LogP contribution in [0.2, 0.25) is 0 Å². The van der Waals surface area contributed by atoms with E-state index in [1.165, 1.54) is 13.2 Å². The summed E-state index contributed by atoms with van der Waals surface area (Å²) in [5.74, 6) is -1.79. The number of aromatic nitrogens is 1. The van der Waals surface area contributed by atoms with Crippen LogP contribution in [0.1, 0.15) is 41.6 Å². The molecular formula is C21H22F3N3O2. The fourth-order valence-corrected chi connectivity index (χ4v) is 3.44. The fraction of sp³-hybridized carbons (Fsp3) is 0.381. The second-order valence-corrected chi connectivity index (χ2v) is 7.02. The summed E-state index contributed by atoms with van der Waals surface area (Å²) >= 11 is 0. The SMILES string of the molecule is CNC(=O)CCNC(=O)c1cnc2c(C3=CCC(C(F)(F)F)CC3)cccc2c1. The summed E-state index contributed by atoms with van der Waals surface area (Å²) in [5.41, 5.74) is 2.67. The van der Waals surface area contributed by atoms with E-state index >= 15 is 0 Å². The number of allylic oxidation sites excluding steroid dienone is 2. The molecule has 1 aromatic heterocycles. The van der Waals surface area contributed by atoms with E-state index < -0.39 is 12.1 Å². The Hall–Kier alpha value is -2.90. The molecule has 3 rings (SSSR count). The van der Waals surface area contributed by atoms with E-state index in [2.05, 4.69) is 15.6 Å². The molecule has 1 atom stereocenters. The normalized spacial score (nSPS) is 17.0. The lowest BCUT2D eigenvalue weighted by molar-refractivity contribution is -0.175. The van der Waals surface area contributed by atoms with E-state index in [0.717, 1.165) is 16.5 Å². The Morgan fingerprint density at radius 3 is 2.72 bits per heavy atom. The van der Waals surface area contributed by atoms with Crippen molar-refractivity contribution in [3.63, 3.8) is 0 Å². The highest BCUT2D eigenvalue weighted by Gasteiger charge is 2.39. The zero-order chi connectivity index (χ0) is 21.0. The monoisotopic (exact) mass is 405 g/mol. The highest BCUT2D eigenvalue weighted by molar-refractivity contribution is 5.99. The van der Waals surface area contributed by atoms with E-state index in [1.54, 1.807) is 12.1 Å². The second-order valence-electron chi connectivity index (χ2n) is 7.02. The first-order valence-electron chi connectivity index (χ1n) is 9.43. The van der Waals surface area contributed by atoms with Gasteiger partial charge in [0, 0.05) is 37.2 Å². The molecular weight excluding hydrogens is 383 g/mol. The molecule has 154 valence electrons. The minimum atomic E-state index is -4.17. The molecule has 2 N–H and O–H groups in total. The molecule has 1 aliphatic carbocycles. The quantitative estimate of drug-likeness (QED) is 0.794. The predicted molar refractivity (Wildman–Crippen MR) is 104 cm³/mol. The van der Waals surface area contributed by atoms with Crippen LogP contribution in [0, 0.1) is 5.92 Å². The number of nitrogens with zero attached hydrogens (tertiary/aromatic N) is 1. The minimum Gasteiger partial charge on any atom is -0.359 e. The van der Waals surface area contributed by atoms with Crippen LogP contribution >= 0.6 is 0 Å². The highest BCUT2D eigenvalue weighted by atomic mass is 19.4. The number of rotatable bonds is 5. The molecule has 1 aromatic carbocycles. The Labute approximate surface area is 166 Å². The number of pyridine rings is 1. The lowest BCUT2D eigenvalue weighted by Gasteiger charge is -2.24. The summed E-state index contributed by atoms with van der Waals surface area (Å²) in [6, 6.07) is 7.17. The first-order chi connectivity index (χ1) is 13.8. The molecule has 0 saturated carbocycles. The van der Waals surface area contributed by atoms with Crippen LogP contribution in [0.25, 0.3) is 16.5 Å². The van der Waals surface area contributed by atoms with E-state index in [9.17, 15) is 22.8 Å². The van der Waals surface area contributed by atoms with Crippen LogP contribution in [0.4, 0.5) is 13.2 Å². The van der Waals surface area contributed by atoms with Gasteiger partial charge in [0.05, 0.1) is 17.0 Å². The summed E-state index contributed by atoms with van der Waals surface area (Å²) in [5, 5.41) is 5.89. The van der Waals surface area contributed by atoms with Gasteiger partial charge in [0.2, 0.25) is 5.91 Å². The van der Waals surface area contributed by atoms with Crippen molar-refractivity contribution >= 4 is 28.3 Å². The molecule has 29 heavy (non-hydrogen) atoms. The van der Waals surface area contributed by atoms with Gasteiger partial charge in [-0.2, -0.15) is 13.2 Å². The number of nitrogens with one attached hydrogen (secondary N) is 2. The number of fused-ring (bicyclic) bond motifs is 1. The van der Waals surface area contributed by atoms with Gasteiger partial charge in [-0.3, -0.25) is 14.6 Å². The van der Waals surface area contributed by atoms with Crippen LogP contribution in [-0.4, -0.2) is 36.6 Å². The fourth-order valence-electron chi connectivity index (χ4n) is 3.44. The van der Waals surface area contributed by atoms with Crippen LogP contribution < -0.4 is 10.6 Å². The van der Waals surface area contributed by atoms with Gasteiger partial charge in [0.1, 0.15) is 0 Å². The van der Waals surface area contributed by atoms with Gasteiger partial charge in [0.25, 0.3) is 5.91 Å². The number of benzene rings is 1. The number of halogens is 3. The molecule has 0 saturated heterocycles. The molecule has 0 fully saturated rings. The molecule has 8 heteroatoms. The molecule has 0 radical (unpaired) electrons. The molecule has 2 aromatic rings. The minimum absolute atomic E-state index is 0.0267. The molecule has 0 spiro atoms. The molecule has 0 bridgehead atoms. The van der Waals surface area contributed by atoms with E-state index in [4.69, 9.17) is 0 Å². The Balaban J connectivity index is 1.78. The topological polar surface area (TPSA) is 71.1 Å². The van der Waals surface area contributed by atoms with E-state index in [-0.39, 0.29) is 37.6 Å². The molecule has 5 nitrogen and oxygen atoms in total. The number of para-hydroxylation sites is 1. The summed E-state index contributed by atoms with van der Waals surface area (Å²) in [4.78, 5) is 27.9. The second kappa shape index (κ2) is 8.63. The number of hydrogen-bond donors (Lipinski definition) is 2. The zero-order valence-electron chi connectivity index (χ0n) is 16.0. The van der Waals surface area contributed by atoms with Crippen molar-refractivity contribution in [2.75, 3.05) is 13.6 Å². The molecule has 2 amide bonds. The third kappa shape index (κ3) is 4.93. The van der Waals surface area contributed by atoms with Gasteiger partial charge >= 0.3 is 6.18 Å². The van der Waals surface area contributed by atoms with Crippen LogP contribution in [-0.2, 0) is 4.79 Å². The van der Waals surface area contributed by atoms with Crippen molar-refractivity contribution in [3.05, 3.63) is 47.7 Å². The van der Waals surface area contributed by atoms with Gasteiger partial charge in [-0.25, -0.2) is 0 Å².